The molecule has 2 aromatic rings. The molecule has 0 radical (unpaired) electrons. The van der Waals surface area contributed by atoms with Gasteiger partial charge in [-0.05, 0) is 24.3 Å². The second-order valence-electron chi connectivity index (χ2n) is 3.79. The van der Waals surface area contributed by atoms with Crippen LogP contribution in [0.4, 0.5) is 5.69 Å². The van der Waals surface area contributed by atoms with Crippen LogP contribution in [0.3, 0.4) is 0 Å². The van der Waals surface area contributed by atoms with E-state index in [9.17, 15) is 4.79 Å². The van der Waals surface area contributed by atoms with Gasteiger partial charge in [-0.3, -0.25) is 4.79 Å². The smallest absolute Gasteiger partial charge is 0.238 e. The second-order valence-corrected chi connectivity index (χ2v) is 4.71. The van der Waals surface area contributed by atoms with E-state index >= 15 is 0 Å². The SMILES string of the molecule is O=C(CNCc1ccoc1)Nc1cccc(Br)c1. The summed E-state index contributed by atoms with van der Waals surface area (Å²) in [5.74, 6) is -0.0726. The van der Waals surface area contributed by atoms with Crippen LogP contribution in [-0.2, 0) is 11.3 Å². The number of hydrogen-bond donors (Lipinski definition) is 2. The molecule has 2 rings (SSSR count). The Balaban J connectivity index is 1.75. The Morgan fingerprint density at radius 3 is 2.94 bits per heavy atom. The van der Waals surface area contributed by atoms with Gasteiger partial charge in [-0.2, -0.15) is 0 Å². The monoisotopic (exact) mass is 308 g/mol. The molecule has 5 heteroatoms. The third-order valence-corrected chi connectivity index (χ3v) is 2.80. The van der Waals surface area contributed by atoms with E-state index in [1.54, 1.807) is 12.5 Å². The summed E-state index contributed by atoms with van der Waals surface area (Å²) < 4.78 is 5.87. The van der Waals surface area contributed by atoms with Gasteiger partial charge in [0, 0.05) is 22.3 Å². The zero-order valence-electron chi connectivity index (χ0n) is 9.65. The summed E-state index contributed by atoms with van der Waals surface area (Å²) in [6, 6.07) is 9.34. The van der Waals surface area contributed by atoms with E-state index in [1.165, 1.54) is 0 Å². The van der Waals surface area contributed by atoms with Gasteiger partial charge in [0.2, 0.25) is 5.91 Å². The molecule has 0 fully saturated rings. The summed E-state index contributed by atoms with van der Waals surface area (Å²) >= 11 is 3.35. The molecule has 0 aliphatic carbocycles. The summed E-state index contributed by atoms with van der Waals surface area (Å²) in [5.41, 5.74) is 1.80. The van der Waals surface area contributed by atoms with Crippen molar-refractivity contribution in [2.24, 2.45) is 0 Å². The molecule has 94 valence electrons. The standard InChI is InChI=1S/C13H13BrN2O2/c14-11-2-1-3-12(6-11)16-13(17)8-15-7-10-4-5-18-9-10/h1-6,9,15H,7-8H2,(H,16,17). The first kappa shape index (κ1) is 12.9. The summed E-state index contributed by atoms with van der Waals surface area (Å²) in [6.45, 7) is 0.875. The largest absolute Gasteiger partial charge is 0.472 e. The maximum Gasteiger partial charge on any atom is 0.238 e. The van der Waals surface area contributed by atoms with Gasteiger partial charge in [0.1, 0.15) is 0 Å². The zero-order valence-corrected chi connectivity index (χ0v) is 11.2. The van der Waals surface area contributed by atoms with Gasteiger partial charge in [-0.25, -0.2) is 0 Å². The molecule has 0 saturated carbocycles. The van der Waals surface area contributed by atoms with Crippen molar-refractivity contribution in [1.82, 2.24) is 5.32 Å². The maximum atomic E-state index is 11.6. The number of furan rings is 1. The lowest BCUT2D eigenvalue weighted by molar-refractivity contribution is -0.115. The molecule has 0 aliphatic heterocycles. The van der Waals surface area contributed by atoms with Crippen molar-refractivity contribution in [3.63, 3.8) is 0 Å². The van der Waals surface area contributed by atoms with Crippen molar-refractivity contribution >= 4 is 27.5 Å². The van der Waals surface area contributed by atoms with Crippen LogP contribution in [0.5, 0.6) is 0 Å². The molecule has 18 heavy (non-hydrogen) atoms. The van der Waals surface area contributed by atoms with E-state index in [0.29, 0.717) is 6.54 Å². The Kier molecular flexibility index (Phi) is 4.55. The minimum absolute atomic E-state index is 0.0726. The predicted octanol–water partition coefficient (Wildman–Crippen LogP) is 2.77. The molecule has 0 aliphatic rings. The Morgan fingerprint density at radius 1 is 1.33 bits per heavy atom. The van der Waals surface area contributed by atoms with Gasteiger partial charge in [0.05, 0.1) is 19.1 Å². The van der Waals surface area contributed by atoms with Crippen LogP contribution in [0, 0.1) is 0 Å². The van der Waals surface area contributed by atoms with Crippen molar-refractivity contribution in [2.45, 2.75) is 6.54 Å². The molecular formula is C13H13BrN2O2. The van der Waals surface area contributed by atoms with E-state index in [0.717, 1.165) is 15.7 Å². The van der Waals surface area contributed by atoms with Gasteiger partial charge in [0.25, 0.3) is 0 Å². The quantitative estimate of drug-likeness (QED) is 0.893. The number of halogens is 1. The molecule has 0 spiro atoms. The first-order chi connectivity index (χ1) is 8.74. The fraction of sp³-hybridized carbons (Fsp3) is 0.154. The first-order valence-corrected chi connectivity index (χ1v) is 6.30. The van der Waals surface area contributed by atoms with Crippen molar-refractivity contribution in [1.29, 1.82) is 0 Å². The number of benzene rings is 1. The van der Waals surface area contributed by atoms with Gasteiger partial charge in [-0.1, -0.05) is 22.0 Å². The van der Waals surface area contributed by atoms with Crippen LogP contribution >= 0.6 is 15.9 Å². The molecule has 1 aromatic heterocycles. The normalized spacial score (nSPS) is 10.3. The van der Waals surface area contributed by atoms with E-state index in [1.807, 2.05) is 30.3 Å². The van der Waals surface area contributed by atoms with Crippen LogP contribution < -0.4 is 10.6 Å². The highest BCUT2D eigenvalue weighted by Crippen LogP contribution is 2.15. The molecule has 1 aromatic carbocycles. The third-order valence-electron chi connectivity index (χ3n) is 2.30. The van der Waals surface area contributed by atoms with Crippen LogP contribution in [0.15, 0.2) is 51.7 Å². The Hall–Kier alpha value is -1.59. The highest BCUT2D eigenvalue weighted by Gasteiger charge is 2.02. The lowest BCUT2D eigenvalue weighted by Gasteiger charge is -2.06. The topological polar surface area (TPSA) is 54.3 Å². The lowest BCUT2D eigenvalue weighted by atomic mass is 10.3. The van der Waals surface area contributed by atoms with Crippen molar-refractivity contribution in [3.8, 4) is 0 Å². The molecule has 0 bridgehead atoms. The van der Waals surface area contributed by atoms with E-state index in [4.69, 9.17) is 4.42 Å². The summed E-state index contributed by atoms with van der Waals surface area (Å²) in [4.78, 5) is 11.6. The van der Waals surface area contributed by atoms with Crippen LogP contribution in [0.1, 0.15) is 5.56 Å². The number of hydrogen-bond acceptors (Lipinski definition) is 3. The highest BCUT2D eigenvalue weighted by atomic mass is 79.9. The number of nitrogens with one attached hydrogen (secondary N) is 2. The molecular weight excluding hydrogens is 296 g/mol. The summed E-state index contributed by atoms with van der Waals surface area (Å²) in [6.07, 6.45) is 3.26. The van der Waals surface area contributed by atoms with Crippen LogP contribution in [0.2, 0.25) is 0 Å². The average molecular weight is 309 g/mol. The zero-order chi connectivity index (χ0) is 12.8. The predicted molar refractivity (Wildman–Crippen MR) is 73.2 cm³/mol. The molecule has 4 nitrogen and oxygen atoms in total. The summed E-state index contributed by atoms with van der Waals surface area (Å²) in [7, 11) is 0. The average Bonchev–Trinajstić information content (AvgIpc) is 2.82. The number of rotatable bonds is 5. The van der Waals surface area contributed by atoms with Crippen molar-refractivity contribution in [2.75, 3.05) is 11.9 Å². The van der Waals surface area contributed by atoms with Crippen LogP contribution in [-0.4, -0.2) is 12.5 Å². The van der Waals surface area contributed by atoms with Crippen molar-refractivity contribution < 1.29 is 9.21 Å². The minimum atomic E-state index is -0.0726. The van der Waals surface area contributed by atoms with Gasteiger partial charge in [-0.15, -0.1) is 0 Å². The minimum Gasteiger partial charge on any atom is -0.472 e. The summed E-state index contributed by atoms with van der Waals surface area (Å²) in [5, 5.41) is 5.85. The van der Waals surface area contributed by atoms with Crippen molar-refractivity contribution in [3.05, 3.63) is 52.9 Å². The number of anilines is 1. The lowest BCUT2D eigenvalue weighted by Crippen LogP contribution is -2.27. The number of amides is 1. The highest BCUT2D eigenvalue weighted by molar-refractivity contribution is 9.10. The van der Waals surface area contributed by atoms with E-state index in [2.05, 4.69) is 26.6 Å². The van der Waals surface area contributed by atoms with E-state index < -0.39 is 0 Å². The molecule has 1 amide bonds. The molecule has 0 saturated heterocycles. The van der Waals surface area contributed by atoms with Gasteiger partial charge >= 0.3 is 0 Å². The third kappa shape index (κ3) is 4.01. The molecule has 0 atom stereocenters. The first-order valence-electron chi connectivity index (χ1n) is 5.51. The Morgan fingerprint density at radius 2 is 2.22 bits per heavy atom. The Labute approximate surface area is 114 Å². The van der Waals surface area contributed by atoms with Crippen LogP contribution in [0.25, 0.3) is 0 Å². The van der Waals surface area contributed by atoms with Gasteiger partial charge < -0.3 is 15.1 Å². The number of carbonyl (C=O) groups is 1. The maximum absolute atomic E-state index is 11.6. The fourth-order valence-electron chi connectivity index (χ4n) is 1.49. The fourth-order valence-corrected chi connectivity index (χ4v) is 1.88. The van der Waals surface area contributed by atoms with Gasteiger partial charge in [0.15, 0.2) is 0 Å². The molecule has 2 N–H and O–H groups in total. The van der Waals surface area contributed by atoms with E-state index in [-0.39, 0.29) is 12.5 Å². The molecule has 1 heterocycles. The second kappa shape index (κ2) is 6.37. The molecule has 0 unspecified atom stereocenters. The Bertz CT molecular complexity index is 511. The number of carbonyl (C=O) groups excluding carboxylic acids is 1.